The summed E-state index contributed by atoms with van der Waals surface area (Å²) in [5.41, 5.74) is 0.890. The molecule has 0 saturated carbocycles. The Morgan fingerprint density at radius 2 is 1.29 bits per heavy atom. The zero-order chi connectivity index (χ0) is 27.2. The molecule has 204 valence electrons. The third kappa shape index (κ3) is 9.51. The predicted molar refractivity (Wildman–Crippen MR) is 153 cm³/mol. The van der Waals surface area contributed by atoms with E-state index < -0.39 is 5.97 Å². The fourth-order valence-electron chi connectivity index (χ4n) is 4.11. The molecule has 0 amide bonds. The third-order valence-corrected chi connectivity index (χ3v) is 6.81. The molecule has 38 heavy (non-hydrogen) atoms. The minimum atomic E-state index is -0.450. The van der Waals surface area contributed by atoms with Crippen molar-refractivity contribution in [3.8, 4) is 11.5 Å². The summed E-state index contributed by atoms with van der Waals surface area (Å²) in [7, 11) is 0. The Morgan fingerprint density at radius 1 is 0.684 bits per heavy atom. The number of unbranched alkanes of at least 4 members (excludes halogenated alkanes) is 7. The molecule has 0 N–H and O–H groups in total. The molecule has 0 aliphatic carbocycles. The van der Waals surface area contributed by atoms with Crippen molar-refractivity contribution in [1.82, 2.24) is 0 Å². The first-order valence-electron chi connectivity index (χ1n) is 14.2. The number of ether oxygens (including phenoxy) is 3. The summed E-state index contributed by atoms with van der Waals surface area (Å²) >= 11 is 0. The average Bonchev–Trinajstić information content (AvgIpc) is 2.94. The Hall–Kier alpha value is -3.34. The molecule has 0 spiro atoms. The van der Waals surface area contributed by atoms with Gasteiger partial charge in [0.15, 0.2) is 0 Å². The lowest BCUT2D eigenvalue weighted by atomic mass is 10.1. The summed E-state index contributed by atoms with van der Waals surface area (Å²) in [5.74, 6) is 0.713. The quantitative estimate of drug-likeness (QED) is 0.108. The largest absolute Gasteiger partial charge is 0.494 e. The van der Waals surface area contributed by atoms with E-state index in [4.69, 9.17) is 14.2 Å². The van der Waals surface area contributed by atoms with E-state index in [0.29, 0.717) is 29.4 Å². The molecule has 0 aliphatic rings. The van der Waals surface area contributed by atoms with E-state index in [2.05, 4.69) is 13.8 Å². The van der Waals surface area contributed by atoms with Crippen molar-refractivity contribution in [1.29, 1.82) is 0 Å². The van der Waals surface area contributed by atoms with Crippen LogP contribution in [0.5, 0.6) is 11.5 Å². The second-order valence-corrected chi connectivity index (χ2v) is 10.1. The zero-order valence-electron chi connectivity index (χ0n) is 23.2. The van der Waals surface area contributed by atoms with Gasteiger partial charge in [-0.25, -0.2) is 9.59 Å². The Kier molecular flexibility index (Phi) is 12.2. The van der Waals surface area contributed by atoms with Gasteiger partial charge in [-0.1, -0.05) is 84.3 Å². The molecule has 0 aliphatic heterocycles. The van der Waals surface area contributed by atoms with Crippen LogP contribution in [0, 0.1) is 5.92 Å². The van der Waals surface area contributed by atoms with E-state index in [1.54, 1.807) is 30.3 Å². The third-order valence-electron chi connectivity index (χ3n) is 6.81. The maximum atomic E-state index is 12.7. The van der Waals surface area contributed by atoms with Gasteiger partial charge in [0, 0.05) is 0 Å². The van der Waals surface area contributed by atoms with E-state index in [1.165, 1.54) is 44.9 Å². The Morgan fingerprint density at radius 3 is 2.00 bits per heavy atom. The molecule has 3 aromatic rings. The number of hydrogen-bond donors (Lipinski definition) is 0. The molecule has 0 unspecified atom stereocenters. The van der Waals surface area contributed by atoms with Crippen LogP contribution in [0.25, 0.3) is 10.8 Å². The summed E-state index contributed by atoms with van der Waals surface area (Å²) in [4.78, 5) is 24.9. The van der Waals surface area contributed by atoms with E-state index in [1.807, 2.05) is 37.3 Å². The van der Waals surface area contributed by atoms with Gasteiger partial charge >= 0.3 is 11.9 Å². The van der Waals surface area contributed by atoms with E-state index >= 15 is 0 Å². The van der Waals surface area contributed by atoms with Gasteiger partial charge in [0.1, 0.15) is 11.5 Å². The first kappa shape index (κ1) is 29.2. The van der Waals surface area contributed by atoms with Gasteiger partial charge in [-0.3, -0.25) is 0 Å². The summed E-state index contributed by atoms with van der Waals surface area (Å²) in [5, 5.41) is 1.95. The fraction of sp³-hybridized carbons (Fsp3) is 0.455. The van der Waals surface area contributed by atoms with Gasteiger partial charge in [0.25, 0.3) is 0 Å². The van der Waals surface area contributed by atoms with Crippen molar-refractivity contribution < 1.29 is 23.8 Å². The summed E-state index contributed by atoms with van der Waals surface area (Å²) in [6, 6.07) is 17.8. The molecule has 5 nitrogen and oxygen atoms in total. The van der Waals surface area contributed by atoms with Crippen molar-refractivity contribution >= 4 is 22.7 Å². The minimum absolute atomic E-state index is 0.319. The van der Waals surface area contributed by atoms with Crippen LogP contribution in [0.1, 0.15) is 99.3 Å². The fourth-order valence-corrected chi connectivity index (χ4v) is 4.11. The van der Waals surface area contributed by atoms with Crippen LogP contribution in [0.3, 0.4) is 0 Å². The summed E-state index contributed by atoms with van der Waals surface area (Å²) in [6.45, 7) is 7.45. The minimum Gasteiger partial charge on any atom is -0.494 e. The predicted octanol–water partition coefficient (Wildman–Crippen LogP) is 8.78. The maximum absolute atomic E-state index is 12.7. The van der Waals surface area contributed by atoms with Crippen LogP contribution in [-0.2, 0) is 4.74 Å². The summed E-state index contributed by atoms with van der Waals surface area (Å²) in [6.07, 6.45) is 11.2. The van der Waals surface area contributed by atoms with Gasteiger partial charge in [0.05, 0.1) is 24.3 Å². The molecule has 0 heterocycles. The standard InChI is InChI=1S/C33H42O5/c1-4-6-7-8-9-10-11-12-21-36-31-20-17-27-22-29(14-13-28(27)23-31)33(35)38-30-18-15-26(16-19-30)32(34)37-24-25(3)5-2/h13-20,22-23,25H,4-12,21,24H2,1-3H3/t25-/m1/s1. The van der Waals surface area contributed by atoms with E-state index in [-0.39, 0.29) is 5.97 Å². The van der Waals surface area contributed by atoms with Gasteiger partial charge in [-0.05, 0) is 71.6 Å². The molecule has 1 atom stereocenters. The number of fused-ring (bicyclic) bond motifs is 1. The normalized spacial score (nSPS) is 11.8. The molecular weight excluding hydrogens is 476 g/mol. The maximum Gasteiger partial charge on any atom is 0.343 e. The van der Waals surface area contributed by atoms with Crippen LogP contribution in [0.4, 0.5) is 0 Å². The van der Waals surface area contributed by atoms with Gasteiger partial charge < -0.3 is 14.2 Å². The van der Waals surface area contributed by atoms with Crippen LogP contribution < -0.4 is 9.47 Å². The highest BCUT2D eigenvalue weighted by atomic mass is 16.5. The Balaban J connectivity index is 1.47. The van der Waals surface area contributed by atoms with Crippen LogP contribution in [0.15, 0.2) is 60.7 Å². The second kappa shape index (κ2) is 15.8. The van der Waals surface area contributed by atoms with Crippen LogP contribution in [-0.4, -0.2) is 25.2 Å². The number of esters is 2. The number of benzene rings is 3. The highest BCUT2D eigenvalue weighted by Crippen LogP contribution is 2.24. The van der Waals surface area contributed by atoms with Gasteiger partial charge in [-0.15, -0.1) is 0 Å². The molecule has 0 aromatic heterocycles. The van der Waals surface area contributed by atoms with E-state index in [9.17, 15) is 9.59 Å². The monoisotopic (exact) mass is 518 g/mol. The van der Waals surface area contributed by atoms with Gasteiger partial charge in [-0.2, -0.15) is 0 Å². The molecule has 3 rings (SSSR count). The Labute approximate surface area is 227 Å². The smallest absolute Gasteiger partial charge is 0.343 e. The van der Waals surface area contributed by atoms with Crippen molar-refractivity contribution in [2.75, 3.05) is 13.2 Å². The first-order valence-corrected chi connectivity index (χ1v) is 14.2. The van der Waals surface area contributed by atoms with Crippen molar-refractivity contribution in [3.63, 3.8) is 0 Å². The van der Waals surface area contributed by atoms with Crippen molar-refractivity contribution in [3.05, 3.63) is 71.8 Å². The van der Waals surface area contributed by atoms with Crippen LogP contribution >= 0.6 is 0 Å². The molecule has 0 saturated heterocycles. The lowest BCUT2D eigenvalue weighted by Gasteiger charge is -2.10. The second-order valence-electron chi connectivity index (χ2n) is 10.1. The lowest BCUT2D eigenvalue weighted by molar-refractivity contribution is 0.0447. The van der Waals surface area contributed by atoms with E-state index in [0.717, 1.165) is 36.0 Å². The zero-order valence-corrected chi connectivity index (χ0v) is 23.2. The topological polar surface area (TPSA) is 61.8 Å². The summed E-state index contributed by atoms with van der Waals surface area (Å²) < 4.78 is 16.8. The first-order chi connectivity index (χ1) is 18.5. The lowest BCUT2D eigenvalue weighted by Crippen LogP contribution is -2.12. The number of carbonyl (C=O) groups is 2. The van der Waals surface area contributed by atoms with Crippen LogP contribution in [0.2, 0.25) is 0 Å². The van der Waals surface area contributed by atoms with Crippen molar-refractivity contribution in [2.24, 2.45) is 5.92 Å². The number of hydrogen-bond acceptors (Lipinski definition) is 5. The van der Waals surface area contributed by atoms with Gasteiger partial charge in [0.2, 0.25) is 0 Å². The number of rotatable bonds is 16. The Bertz CT molecular complexity index is 1150. The number of carbonyl (C=O) groups excluding carboxylic acids is 2. The molecule has 0 bridgehead atoms. The molecule has 5 heteroatoms. The SMILES string of the molecule is CCCCCCCCCCOc1ccc2cc(C(=O)Oc3ccc(C(=O)OC[C@H](C)CC)cc3)ccc2c1. The molecule has 0 radical (unpaired) electrons. The average molecular weight is 519 g/mol. The molecule has 0 fully saturated rings. The molecule has 3 aromatic carbocycles. The molecular formula is C33H42O5. The highest BCUT2D eigenvalue weighted by Gasteiger charge is 2.13. The van der Waals surface area contributed by atoms with Crippen molar-refractivity contribution in [2.45, 2.75) is 78.6 Å². The highest BCUT2D eigenvalue weighted by molar-refractivity contribution is 5.97.